The summed E-state index contributed by atoms with van der Waals surface area (Å²) in [5, 5.41) is 7.02. The van der Waals surface area contributed by atoms with E-state index in [1.807, 2.05) is 31.2 Å². The second-order valence-corrected chi connectivity index (χ2v) is 4.34. The average molecular weight is 248 g/mol. The van der Waals surface area contributed by atoms with E-state index in [1.54, 1.807) is 11.9 Å². The van der Waals surface area contributed by atoms with Crippen LogP contribution in [-0.4, -0.2) is 22.7 Å². The molecule has 0 aliphatic rings. The molecule has 0 aliphatic heterocycles. The van der Waals surface area contributed by atoms with Gasteiger partial charge in [-0.1, -0.05) is 22.7 Å². The number of hydrogen-bond acceptors (Lipinski definition) is 4. The van der Waals surface area contributed by atoms with Crippen molar-refractivity contribution in [1.82, 2.24) is 9.59 Å². The molecule has 0 atom stereocenters. The van der Waals surface area contributed by atoms with Gasteiger partial charge in [-0.3, -0.25) is 10.2 Å². The van der Waals surface area contributed by atoms with Crippen LogP contribution in [0.1, 0.15) is 5.56 Å². The molecule has 17 heavy (non-hydrogen) atoms. The van der Waals surface area contributed by atoms with Gasteiger partial charge in [0.25, 0.3) is 0 Å². The summed E-state index contributed by atoms with van der Waals surface area (Å²) in [6, 6.07) is 7.51. The molecule has 0 unspecified atom stereocenters. The van der Waals surface area contributed by atoms with Crippen LogP contribution in [-0.2, 0) is 0 Å². The minimum absolute atomic E-state index is 0.203. The van der Waals surface area contributed by atoms with Gasteiger partial charge < -0.3 is 0 Å². The number of carbonyl (C=O) groups is 1. The van der Waals surface area contributed by atoms with Crippen LogP contribution in [0, 0.1) is 6.92 Å². The van der Waals surface area contributed by atoms with Crippen molar-refractivity contribution < 1.29 is 4.79 Å². The first-order valence-electron chi connectivity index (χ1n) is 5.06. The fraction of sp³-hybridized carbons (Fsp3) is 0.182. The molecule has 2 rings (SSSR count). The number of hydrogen-bond donors (Lipinski definition) is 1. The van der Waals surface area contributed by atoms with E-state index in [-0.39, 0.29) is 6.03 Å². The van der Waals surface area contributed by atoms with Crippen LogP contribution in [0.2, 0.25) is 0 Å². The van der Waals surface area contributed by atoms with Crippen LogP contribution >= 0.6 is 11.5 Å². The molecule has 1 heterocycles. The second-order valence-electron chi connectivity index (χ2n) is 3.56. The molecule has 0 saturated carbocycles. The summed E-state index contributed by atoms with van der Waals surface area (Å²) in [6.45, 7) is 1.97. The van der Waals surface area contributed by atoms with Crippen molar-refractivity contribution in [2.45, 2.75) is 6.92 Å². The van der Waals surface area contributed by atoms with Crippen molar-refractivity contribution in [2.75, 3.05) is 17.3 Å². The van der Waals surface area contributed by atoms with Crippen LogP contribution in [0.25, 0.3) is 0 Å². The molecule has 0 fully saturated rings. The zero-order chi connectivity index (χ0) is 12.3. The van der Waals surface area contributed by atoms with Crippen molar-refractivity contribution in [1.29, 1.82) is 0 Å². The zero-order valence-corrected chi connectivity index (χ0v) is 10.4. The summed E-state index contributed by atoms with van der Waals surface area (Å²) < 4.78 is 3.68. The van der Waals surface area contributed by atoms with Gasteiger partial charge in [0, 0.05) is 24.3 Å². The maximum Gasteiger partial charge on any atom is 0.326 e. The molecule has 0 saturated heterocycles. The number of aromatic nitrogens is 2. The monoisotopic (exact) mass is 248 g/mol. The predicted octanol–water partition coefficient (Wildman–Crippen LogP) is 2.51. The van der Waals surface area contributed by atoms with Gasteiger partial charge in [-0.15, -0.1) is 5.10 Å². The van der Waals surface area contributed by atoms with Gasteiger partial charge in [0.1, 0.15) is 5.00 Å². The maximum absolute atomic E-state index is 11.9. The Morgan fingerprint density at radius 3 is 2.82 bits per heavy atom. The highest BCUT2D eigenvalue weighted by molar-refractivity contribution is 7.10. The third-order valence-electron chi connectivity index (χ3n) is 2.37. The summed E-state index contributed by atoms with van der Waals surface area (Å²) in [5.41, 5.74) is 1.93. The van der Waals surface area contributed by atoms with Gasteiger partial charge in [0.2, 0.25) is 0 Å². The SMILES string of the molecule is Cc1ccccc1N(C)C(=O)Nc1cnns1. The standard InChI is InChI=1S/C11H12N4OS/c1-8-5-3-4-6-9(8)15(2)11(16)13-10-7-12-14-17-10/h3-7H,1-2H3,(H,13,16). The van der Waals surface area contributed by atoms with Crippen LogP contribution in [0.4, 0.5) is 15.5 Å². The van der Waals surface area contributed by atoms with Gasteiger partial charge in [0.05, 0.1) is 6.20 Å². The highest BCUT2D eigenvalue weighted by Crippen LogP contribution is 2.19. The molecule has 0 bridgehead atoms. The van der Waals surface area contributed by atoms with E-state index in [1.165, 1.54) is 6.20 Å². The molecule has 0 aliphatic carbocycles. The van der Waals surface area contributed by atoms with Crippen molar-refractivity contribution in [2.24, 2.45) is 0 Å². The molecule has 0 radical (unpaired) electrons. The fourth-order valence-corrected chi connectivity index (χ4v) is 1.87. The van der Waals surface area contributed by atoms with Crippen LogP contribution < -0.4 is 10.2 Å². The summed E-state index contributed by atoms with van der Waals surface area (Å²) in [4.78, 5) is 13.5. The largest absolute Gasteiger partial charge is 0.326 e. The number of nitrogens with one attached hydrogen (secondary N) is 1. The minimum Gasteiger partial charge on any atom is -0.297 e. The van der Waals surface area contributed by atoms with Gasteiger partial charge in [0.15, 0.2) is 0 Å². The second kappa shape index (κ2) is 4.92. The number of rotatable bonds is 2. The highest BCUT2D eigenvalue weighted by atomic mass is 32.1. The van der Waals surface area contributed by atoms with Crippen molar-refractivity contribution in [3.8, 4) is 0 Å². The average Bonchev–Trinajstić information content (AvgIpc) is 2.81. The Hall–Kier alpha value is -1.95. The normalized spacial score (nSPS) is 10.0. The van der Waals surface area contributed by atoms with Crippen molar-refractivity contribution in [3.63, 3.8) is 0 Å². The van der Waals surface area contributed by atoms with E-state index in [9.17, 15) is 4.79 Å². The lowest BCUT2D eigenvalue weighted by molar-refractivity contribution is 0.258. The van der Waals surface area contributed by atoms with Crippen molar-refractivity contribution in [3.05, 3.63) is 36.0 Å². The lowest BCUT2D eigenvalue weighted by Crippen LogP contribution is -2.31. The van der Waals surface area contributed by atoms with E-state index >= 15 is 0 Å². The molecule has 2 amide bonds. The molecule has 88 valence electrons. The Bertz CT molecular complexity index is 512. The van der Waals surface area contributed by atoms with E-state index in [0.29, 0.717) is 5.00 Å². The van der Waals surface area contributed by atoms with E-state index < -0.39 is 0 Å². The fourth-order valence-electron chi connectivity index (χ4n) is 1.46. The molecule has 1 N–H and O–H groups in total. The van der Waals surface area contributed by atoms with E-state index in [4.69, 9.17) is 0 Å². The number of anilines is 2. The maximum atomic E-state index is 11.9. The number of aryl methyl sites for hydroxylation is 1. The quantitative estimate of drug-likeness (QED) is 0.888. The molecule has 5 nitrogen and oxygen atoms in total. The molecular formula is C11H12N4OS. The van der Waals surface area contributed by atoms with Gasteiger partial charge in [-0.25, -0.2) is 4.79 Å². The first-order chi connectivity index (χ1) is 8.18. The molecule has 6 heteroatoms. The number of carbonyl (C=O) groups excluding carboxylic acids is 1. The molecule has 1 aromatic carbocycles. The lowest BCUT2D eigenvalue weighted by atomic mass is 10.2. The predicted molar refractivity (Wildman–Crippen MR) is 68.5 cm³/mol. The summed E-state index contributed by atoms with van der Waals surface area (Å²) in [5.74, 6) is 0. The van der Waals surface area contributed by atoms with E-state index in [2.05, 4.69) is 14.9 Å². The Labute approximate surface area is 103 Å². The zero-order valence-electron chi connectivity index (χ0n) is 9.54. The topological polar surface area (TPSA) is 58.1 Å². The Kier molecular flexibility index (Phi) is 3.34. The van der Waals surface area contributed by atoms with Gasteiger partial charge in [-0.2, -0.15) is 0 Å². The molecule has 2 aromatic rings. The number of benzene rings is 1. The molecule has 1 aromatic heterocycles. The third kappa shape index (κ3) is 2.59. The third-order valence-corrected chi connectivity index (χ3v) is 2.95. The summed E-state index contributed by atoms with van der Waals surface area (Å²) in [7, 11) is 1.73. The molecule has 0 spiro atoms. The van der Waals surface area contributed by atoms with E-state index in [0.717, 1.165) is 22.8 Å². The van der Waals surface area contributed by atoms with Gasteiger partial charge >= 0.3 is 6.03 Å². The first kappa shape index (κ1) is 11.5. The summed E-state index contributed by atoms with van der Waals surface area (Å²) >= 11 is 1.15. The smallest absolute Gasteiger partial charge is 0.297 e. The Morgan fingerprint density at radius 1 is 1.41 bits per heavy atom. The molecular weight excluding hydrogens is 236 g/mol. The lowest BCUT2D eigenvalue weighted by Gasteiger charge is -2.19. The Morgan fingerprint density at radius 2 is 2.18 bits per heavy atom. The van der Waals surface area contributed by atoms with Crippen LogP contribution in [0.5, 0.6) is 0 Å². The Balaban J connectivity index is 2.12. The van der Waals surface area contributed by atoms with Crippen molar-refractivity contribution >= 4 is 28.3 Å². The summed E-state index contributed by atoms with van der Waals surface area (Å²) in [6.07, 6.45) is 1.52. The number of amides is 2. The first-order valence-corrected chi connectivity index (χ1v) is 5.83. The highest BCUT2D eigenvalue weighted by Gasteiger charge is 2.13. The van der Waals surface area contributed by atoms with Crippen LogP contribution in [0.3, 0.4) is 0 Å². The number of urea groups is 1. The van der Waals surface area contributed by atoms with Crippen LogP contribution in [0.15, 0.2) is 30.5 Å². The minimum atomic E-state index is -0.203. The number of nitrogens with zero attached hydrogens (tertiary/aromatic N) is 3. The number of para-hydroxylation sites is 1. The van der Waals surface area contributed by atoms with Gasteiger partial charge in [-0.05, 0) is 18.6 Å².